The molecule has 120 valence electrons. The first-order valence-electron chi connectivity index (χ1n) is 7.99. The Bertz CT molecular complexity index is 720. The first-order chi connectivity index (χ1) is 11.1. The number of nitrogens with zero attached hydrogens (tertiary/aromatic N) is 1. The average molecular weight is 310 g/mol. The van der Waals surface area contributed by atoms with Gasteiger partial charge in [-0.05, 0) is 49.4 Å². The van der Waals surface area contributed by atoms with Crippen LogP contribution in [0.15, 0.2) is 36.4 Å². The maximum Gasteiger partial charge on any atom is 0.246 e. The number of benzene rings is 2. The van der Waals surface area contributed by atoms with Crippen LogP contribution in [0, 0.1) is 13.8 Å². The van der Waals surface area contributed by atoms with E-state index in [1.54, 1.807) is 11.0 Å². The van der Waals surface area contributed by atoms with Crippen LogP contribution in [0.3, 0.4) is 0 Å². The minimum absolute atomic E-state index is 0.0184. The van der Waals surface area contributed by atoms with Crippen LogP contribution >= 0.6 is 0 Å². The maximum absolute atomic E-state index is 12.7. The Morgan fingerprint density at radius 3 is 2.61 bits per heavy atom. The van der Waals surface area contributed by atoms with E-state index in [0.717, 1.165) is 35.2 Å². The molecule has 0 fully saturated rings. The minimum Gasteiger partial charge on any atom is -0.506 e. The molecule has 0 saturated carbocycles. The predicted molar refractivity (Wildman–Crippen MR) is 93.2 cm³/mol. The molecule has 3 rings (SSSR count). The third kappa shape index (κ3) is 3.02. The smallest absolute Gasteiger partial charge is 0.246 e. The Labute approximate surface area is 136 Å². The summed E-state index contributed by atoms with van der Waals surface area (Å²) in [6.07, 6.45) is 1.82. The second-order valence-electron chi connectivity index (χ2n) is 6.05. The number of nitrogens with one attached hydrogen (secondary N) is 1. The lowest BCUT2D eigenvalue weighted by molar-refractivity contribution is -0.117. The van der Waals surface area contributed by atoms with Gasteiger partial charge in [-0.25, -0.2) is 0 Å². The SMILES string of the molecule is Cc1cccc(C)c1NCC(=O)N1CCCc2cccc(O)c21. The van der Waals surface area contributed by atoms with Crippen molar-refractivity contribution in [1.29, 1.82) is 0 Å². The van der Waals surface area contributed by atoms with Gasteiger partial charge in [0.15, 0.2) is 0 Å². The van der Waals surface area contributed by atoms with Gasteiger partial charge in [0.25, 0.3) is 0 Å². The molecule has 1 aliphatic heterocycles. The quantitative estimate of drug-likeness (QED) is 0.913. The number of fused-ring (bicyclic) bond motifs is 1. The van der Waals surface area contributed by atoms with Crippen molar-refractivity contribution in [3.63, 3.8) is 0 Å². The predicted octanol–water partition coefficient (Wildman–Crippen LogP) is 3.40. The first kappa shape index (κ1) is 15.4. The molecule has 0 aliphatic carbocycles. The van der Waals surface area contributed by atoms with Crippen LogP contribution in [-0.4, -0.2) is 24.1 Å². The molecular weight excluding hydrogens is 288 g/mol. The number of phenols is 1. The van der Waals surface area contributed by atoms with Gasteiger partial charge in [0.1, 0.15) is 5.75 Å². The normalized spacial score (nSPS) is 13.6. The summed E-state index contributed by atoms with van der Waals surface area (Å²) >= 11 is 0. The Morgan fingerprint density at radius 2 is 1.87 bits per heavy atom. The van der Waals surface area contributed by atoms with Gasteiger partial charge in [-0.2, -0.15) is 0 Å². The van der Waals surface area contributed by atoms with E-state index in [-0.39, 0.29) is 18.2 Å². The molecule has 1 aliphatic rings. The number of hydrogen-bond donors (Lipinski definition) is 2. The average Bonchev–Trinajstić information content (AvgIpc) is 2.54. The number of aryl methyl sites for hydroxylation is 3. The molecule has 1 heterocycles. The summed E-state index contributed by atoms with van der Waals surface area (Å²) in [5, 5.41) is 13.4. The monoisotopic (exact) mass is 310 g/mol. The summed E-state index contributed by atoms with van der Waals surface area (Å²) in [5.74, 6) is 0.165. The zero-order chi connectivity index (χ0) is 16.4. The summed E-state index contributed by atoms with van der Waals surface area (Å²) in [5.41, 5.74) is 4.97. The molecule has 2 N–H and O–H groups in total. The van der Waals surface area contributed by atoms with Crippen LogP contribution in [0.25, 0.3) is 0 Å². The number of phenolic OH excluding ortho intramolecular Hbond substituents is 1. The van der Waals surface area contributed by atoms with E-state index >= 15 is 0 Å². The zero-order valence-corrected chi connectivity index (χ0v) is 13.6. The van der Waals surface area contributed by atoms with Crippen molar-refractivity contribution in [2.45, 2.75) is 26.7 Å². The van der Waals surface area contributed by atoms with Gasteiger partial charge in [-0.15, -0.1) is 0 Å². The summed E-state index contributed by atoms with van der Waals surface area (Å²) in [4.78, 5) is 14.4. The molecule has 2 aromatic carbocycles. The van der Waals surface area contributed by atoms with E-state index in [1.165, 1.54) is 0 Å². The van der Waals surface area contributed by atoms with E-state index in [4.69, 9.17) is 0 Å². The third-order valence-corrected chi connectivity index (χ3v) is 4.39. The Hall–Kier alpha value is -2.49. The van der Waals surface area contributed by atoms with Gasteiger partial charge in [0.2, 0.25) is 5.91 Å². The van der Waals surface area contributed by atoms with Crippen LogP contribution in [0.4, 0.5) is 11.4 Å². The fraction of sp³-hybridized carbons (Fsp3) is 0.316. The summed E-state index contributed by atoms with van der Waals surface area (Å²) in [7, 11) is 0. The number of carbonyl (C=O) groups is 1. The van der Waals surface area contributed by atoms with Gasteiger partial charge in [-0.1, -0.05) is 30.3 Å². The molecule has 0 bridgehead atoms. The molecule has 1 amide bonds. The van der Waals surface area contributed by atoms with Gasteiger partial charge in [0, 0.05) is 12.2 Å². The second kappa shape index (κ2) is 6.32. The van der Waals surface area contributed by atoms with Crippen molar-refractivity contribution in [2.24, 2.45) is 0 Å². The van der Waals surface area contributed by atoms with Crippen molar-refractivity contribution in [3.8, 4) is 5.75 Å². The van der Waals surface area contributed by atoms with Crippen molar-refractivity contribution in [2.75, 3.05) is 23.3 Å². The standard InChI is InChI=1S/C19H22N2O2/c1-13-6-3-7-14(2)18(13)20-12-17(23)21-11-5-9-15-8-4-10-16(22)19(15)21/h3-4,6-8,10,20,22H,5,9,11-12H2,1-2H3. The molecule has 0 atom stereocenters. The molecule has 4 nitrogen and oxygen atoms in total. The number of anilines is 2. The lowest BCUT2D eigenvalue weighted by Crippen LogP contribution is -2.39. The number of rotatable bonds is 3. The first-order valence-corrected chi connectivity index (χ1v) is 7.99. The summed E-state index contributed by atoms with van der Waals surface area (Å²) in [6, 6.07) is 11.5. The maximum atomic E-state index is 12.7. The third-order valence-electron chi connectivity index (χ3n) is 4.39. The molecule has 4 heteroatoms. The number of carbonyl (C=O) groups excluding carboxylic acids is 1. The number of para-hydroxylation sites is 2. The number of hydrogen-bond acceptors (Lipinski definition) is 3. The Morgan fingerprint density at radius 1 is 1.17 bits per heavy atom. The number of amides is 1. The zero-order valence-electron chi connectivity index (χ0n) is 13.6. The highest BCUT2D eigenvalue weighted by Crippen LogP contribution is 2.35. The van der Waals surface area contributed by atoms with Crippen LogP contribution in [0.1, 0.15) is 23.1 Å². The van der Waals surface area contributed by atoms with E-state index < -0.39 is 0 Å². The van der Waals surface area contributed by atoms with Crippen molar-refractivity contribution >= 4 is 17.3 Å². The molecule has 0 saturated heterocycles. The molecule has 0 unspecified atom stereocenters. The Balaban J connectivity index is 1.78. The largest absolute Gasteiger partial charge is 0.506 e. The lowest BCUT2D eigenvalue weighted by Gasteiger charge is -2.30. The van der Waals surface area contributed by atoms with Crippen LogP contribution in [-0.2, 0) is 11.2 Å². The topological polar surface area (TPSA) is 52.6 Å². The van der Waals surface area contributed by atoms with Gasteiger partial charge in [-0.3, -0.25) is 4.79 Å². The molecule has 0 aromatic heterocycles. The van der Waals surface area contributed by atoms with E-state index in [1.807, 2.05) is 44.2 Å². The van der Waals surface area contributed by atoms with Crippen LogP contribution < -0.4 is 10.2 Å². The highest BCUT2D eigenvalue weighted by atomic mass is 16.3. The van der Waals surface area contributed by atoms with E-state index in [2.05, 4.69) is 5.32 Å². The fourth-order valence-corrected chi connectivity index (χ4v) is 3.23. The summed E-state index contributed by atoms with van der Waals surface area (Å²) in [6.45, 7) is 4.93. The highest BCUT2D eigenvalue weighted by molar-refractivity contribution is 5.98. The van der Waals surface area contributed by atoms with Gasteiger partial charge < -0.3 is 15.3 Å². The second-order valence-corrected chi connectivity index (χ2v) is 6.05. The molecule has 23 heavy (non-hydrogen) atoms. The minimum atomic E-state index is -0.0184. The highest BCUT2D eigenvalue weighted by Gasteiger charge is 2.25. The van der Waals surface area contributed by atoms with Gasteiger partial charge in [0.05, 0.1) is 12.2 Å². The van der Waals surface area contributed by atoms with Crippen molar-refractivity contribution in [1.82, 2.24) is 0 Å². The van der Waals surface area contributed by atoms with E-state index in [0.29, 0.717) is 12.2 Å². The fourth-order valence-electron chi connectivity index (χ4n) is 3.23. The molecule has 0 radical (unpaired) electrons. The van der Waals surface area contributed by atoms with Crippen LogP contribution in [0.2, 0.25) is 0 Å². The summed E-state index contributed by atoms with van der Waals surface area (Å²) < 4.78 is 0. The number of aromatic hydroxyl groups is 1. The molecule has 2 aromatic rings. The molecule has 0 spiro atoms. The van der Waals surface area contributed by atoms with E-state index in [9.17, 15) is 9.90 Å². The van der Waals surface area contributed by atoms with Crippen molar-refractivity contribution in [3.05, 3.63) is 53.1 Å². The molecular formula is C19H22N2O2. The van der Waals surface area contributed by atoms with Crippen molar-refractivity contribution < 1.29 is 9.90 Å². The lowest BCUT2D eigenvalue weighted by atomic mass is 10.0. The van der Waals surface area contributed by atoms with Crippen LogP contribution in [0.5, 0.6) is 5.75 Å². The Kier molecular flexibility index (Phi) is 4.24. The van der Waals surface area contributed by atoms with Gasteiger partial charge >= 0.3 is 0 Å².